The highest BCUT2D eigenvalue weighted by Gasteiger charge is 2.27. The summed E-state index contributed by atoms with van der Waals surface area (Å²) in [5.41, 5.74) is 2.96. The summed E-state index contributed by atoms with van der Waals surface area (Å²) in [5.74, 6) is -0.166. The number of imide groups is 1. The monoisotopic (exact) mass is 375 g/mol. The van der Waals surface area contributed by atoms with E-state index >= 15 is 0 Å². The summed E-state index contributed by atoms with van der Waals surface area (Å²) in [6, 6.07) is 5.40. The summed E-state index contributed by atoms with van der Waals surface area (Å²) in [6.45, 7) is 6.22. The van der Waals surface area contributed by atoms with Crippen molar-refractivity contribution in [2.45, 2.75) is 26.7 Å². The number of hydrogen-bond donors (Lipinski definition) is 2. The molecule has 1 heterocycles. The number of aryl methyl sites for hydroxylation is 2. The van der Waals surface area contributed by atoms with Crippen LogP contribution in [0, 0.1) is 19.8 Å². The fourth-order valence-corrected chi connectivity index (χ4v) is 3.34. The molecule has 1 aromatic carbocycles. The smallest absolute Gasteiger partial charge is 0.321 e. The van der Waals surface area contributed by atoms with Crippen molar-refractivity contribution in [3.63, 3.8) is 0 Å². The standard InChI is InChI=1S/C20H29N3O4/c1-14-4-5-17(15(2)12-14)19(25)16-6-9-23(10-7-16)13-18(24)22-20(26)21-8-11-27-3/h4-5,12,16H,6-11,13H2,1-3H3,(H2,21,22,24,26). The molecule has 2 rings (SSSR count). The zero-order valence-corrected chi connectivity index (χ0v) is 16.3. The highest BCUT2D eigenvalue weighted by atomic mass is 16.5. The van der Waals surface area contributed by atoms with Gasteiger partial charge in [-0.1, -0.05) is 23.8 Å². The maximum absolute atomic E-state index is 12.8. The number of likely N-dealkylation sites (tertiary alicyclic amines) is 1. The molecule has 2 N–H and O–H groups in total. The number of amides is 3. The molecule has 1 aromatic rings. The molecule has 148 valence electrons. The molecular formula is C20H29N3O4. The van der Waals surface area contributed by atoms with Gasteiger partial charge in [-0.25, -0.2) is 4.79 Å². The van der Waals surface area contributed by atoms with E-state index in [-0.39, 0.29) is 24.2 Å². The average molecular weight is 375 g/mol. The van der Waals surface area contributed by atoms with Gasteiger partial charge >= 0.3 is 6.03 Å². The van der Waals surface area contributed by atoms with Crippen molar-refractivity contribution in [2.24, 2.45) is 5.92 Å². The van der Waals surface area contributed by atoms with E-state index in [9.17, 15) is 14.4 Å². The average Bonchev–Trinajstić information content (AvgIpc) is 2.62. The van der Waals surface area contributed by atoms with Crippen LogP contribution in [0.3, 0.4) is 0 Å². The molecule has 7 nitrogen and oxygen atoms in total. The van der Waals surface area contributed by atoms with Crippen LogP contribution < -0.4 is 10.6 Å². The van der Waals surface area contributed by atoms with Crippen molar-refractivity contribution in [1.29, 1.82) is 0 Å². The number of rotatable bonds is 7. The number of urea groups is 1. The lowest BCUT2D eigenvalue weighted by atomic mass is 9.87. The number of nitrogens with one attached hydrogen (secondary N) is 2. The Morgan fingerprint density at radius 2 is 1.89 bits per heavy atom. The van der Waals surface area contributed by atoms with Gasteiger partial charge < -0.3 is 10.1 Å². The lowest BCUT2D eigenvalue weighted by molar-refractivity contribution is -0.121. The number of ether oxygens (including phenoxy) is 1. The van der Waals surface area contributed by atoms with Crippen LogP contribution in [0.4, 0.5) is 4.79 Å². The van der Waals surface area contributed by atoms with Gasteiger partial charge in [0.2, 0.25) is 5.91 Å². The van der Waals surface area contributed by atoms with Crippen molar-refractivity contribution in [1.82, 2.24) is 15.5 Å². The second-order valence-electron chi connectivity index (χ2n) is 7.03. The van der Waals surface area contributed by atoms with E-state index in [0.29, 0.717) is 26.2 Å². The molecule has 0 saturated carbocycles. The highest BCUT2D eigenvalue weighted by Crippen LogP contribution is 2.23. The first-order chi connectivity index (χ1) is 12.9. The first kappa shape index (κ1) is 21.1. The van der Waals surface area contributed by atoms with Crippen molar-refractivity contribution in [2.75, 3.05) is 39.9 Å². The predicted molar refractivity (Wildman–Crippen MR) is 103 cm³/mol. The predicted octanol–water partition coefficient (Wildman–Crippen LogP) is 1.67. The van der Waals surface area contributed by atoms with Crippen LogP contribution in [-0.4, -0.2) is 62.5 Å². The molecule has 1 aliphatic heterocycles. The Kier molecular flexibility index (Phi) is 7.94. The number of ketones is 1. The molecule has 0 spiro atoms. The van der Waals surface area contributed by atoms with Crippen LogP contribution in [0.25, 0.3) is 0 Å². The van der Waals surface area contributed by atoms with E-state index in [1.54, 1.807) is 7.11 Å². The summed E-state index contributed by atoms with van der Waals surface area (Å²) in [4.78, 5) is 38.3. The number of carbonyl (C=O) groups is 3. The van der Waals surface area contributed by atoms with Gasteiger partial charge in [-0.2, -0.15) is 0 Å². The van der Waals surface area contributed by atoms with Crippen molar-refractivity contribution >= 4 is 17.7 Å². The maximum Gasteiger partial charge on any atom is 0.321 e. The first-order valence-corrected chi connectivity index (χ1v) is 9.31. The van der Waals surface area contributed by atoms with E-state index in [0.717, 1.165) is 29.5 Å². The van der Waals surface area contributed by atoms with E-state index in [1.807, 2.05) is 36.9 Å². The third kappa shape index (κ3) is 6.45. The molecule has 0 radical (unpaired) electrons. The van der Waals surface area contributed by atoms with Crippen LogP contribution in [0.2, 0.25) is 0 Å². The molecule has 1 saturated heterocycles. The Morgan fingerprint density at radius 1 is 1.19 bits per heavy atom. The van der Waals surface area contributed by atoms with Gasteiger partial charge in [0, 0.05) is 25.1 Å². The quantitative estimate of drug-likeness (QED) is 0.559. The second kappa shape index (κ2) is 10.2. The molecule has 0 bridgehead atoms. The Balaban J connectivity index is 1.77. The minimum atomic E-state index is -0.517. The summed E-state index contributed by atoms with van der Waals surface area (Å²) < 4.78 is 4.83. The molecule has 1 aliphatic rings. The molecule has 0 aromatic heterocycles. The Morgan fingerprint density at radius 3 is 2.52 bits per heavy atom. The number of methoxy groups -OCH3 is 1. The van der Waals surface area contributed by atoms with E-state index in [1.165, 1.54) is 0 Å². The molecular weight excluding hydrogens is 346 g/mol. The summed E-state index contributed by atoms with van der Waals surface area (Å²) in [5, 5.41) is 4.85. The van der Waals surface area contributed by atoms with Gasteiger partial charge in [0.1, 0.15) is 0 Å². The molecule has 0 aliphatic carbocycles. The largest absolute Gasteiger partial charge is 0.383 e. The SMILES string of the molecule is COCCNC(=O)NC(=O)CN1CCC(C(=O)c2ccc(C)cc2C)CC1. The van der Waals surface area contributed by atoms with Crippen molar-refractivity contribution in [3.05, 3.63) is 34.9 Å². The summed E-state index contributed by atoms with van der Waals surface area (Å²) >= 11 is 0. The minimum absolute atomic E-state index is 0.0111. The summed E-state index contributed by atoms with van der Waals surface area (Å²) in [7, 11) is 1.54. The summed E-state index contributed by atoms with van der Waals surface area (Å²) in [6.07, 6.45) is 1.44. The fourth-order valence-electron chi connectivity index (χ4n) is 3.34. The number of nitrogens with zero attached hydrogens (tertiary/aromatic N) is 1. The van der Waals surface area contributed by atoms with Gasteiger partial charge in [-0.05, 0) is 45.3 Å². The van der Waals surface area contributed by atoms with E-state index in [2.05, 4.69) is 10.6 Å². The second-order valence-corrected chi connectivity index (χ2v) is 7.03. The number of carbonyl (C=O) groups excluding carboxylic acids is 3. The van der Waals surface area contributed by atoms with Gasteiger partial charge in [0.25, 0.3) is 0 Å². The van der Waals surface area contributed by atoms with Crippen LogP contribution in [-0.2, 0) is 9.53 Å². The topological polar surface area (TPSA) is 87.7 Å². The number of benzene rings is 1. The molecule has 0 unspecified atom stereocenters. The van der Waals surface area contributed by atoms with Crippen LogP contribution in [0.15, 0.2) is 18.2 Å². The lowest BCUT2D eigenvalue weighted by Crippen LogP contribution is -2.47. The number of hydrogen-bond acceptors (Lipinski definition) is 5. The third-order valence-corrected chi connectivity index (χ3v) is 4.82. The normalized spacial score (nSPS) is 15.4. The van der Waals surface area contributed by atoms with E-state index in [4.69, 9.17) is 4.74 Å². The Hall–Kier alpha value is -2.25. The Bertz CT molecular complexity index is 682. The molecule has 1 fully saturated rings. The number of Topliss-reactive ketones (excluding diaryl/α,β-unsaturated/α-hetero) is 1. The number of piperidine rings is 1. The molecule has 0 atom stereocenters. The third-order valence-electron chi connectivity index (χ3n) is 4.82. The molecule has 3 amide bonds. The minimum Gasteiger partial charge on any atom is -0.383 e. The Labute approximate surface area is 160 Å². The van der Waals surface area contributed by atoms with Crippen molar-refractivity contribution in [3.8, 4) is 0 Å². The molecule has 7 heteroatoms. The van der Waals surface area contributed by atoms with Crippen LogP contribution in [0.1, 0.15) is 34.3 Å². The highest BCUT2D eigenvalue weighted by molar-refractivity contribution is 5.99. The first-order valence-electron chi connectivity index (χ1n) is 9.31. The van der Waals surface area contributed by atoms with Gasteiger partial charge in [0.05, 0.1) is 13.2 Å². The van der Waals surface area contributed by atoms with Gasteiger partial charge in [0.15, 0.2) is 5.78 Å². The zero-order valence-electron chi connectivity index (χ0n) is 16.3. The fraction of sp³-hybridized carbons (Fsp3) is 0.550. The lowest BCUT2D eigenvalue weighted by Gasteiger charge is -2.30. The molecule has 27 heavy (non-hydrogen) atoms. The van der Waals surface area contributed by atoms with Gasteiger partial charge in [-0.3, -0.25) is 19.8 Å². The van der Waals surface area contributed by atoms with E-state index < -0.39 is 6.03 Å². The maximum atomic E-state index is 12.8. The van der Waals surface area contributed by atoms with Gasteiger partial charge in [-0.15, -0.1) is 0 Å². The van der Waals surface area contributed by atoms with Crippen LogP contribution >= 0.6 is 0 Å². The zero-order chi connectivity index (χ0) is 19.8. The van der Waals surface area contributed by atoms with Crippen molar-refractivity contribution < 1.29 is 19.1 Å². The van der Waals surface area contributed by atoms with Crippen LogP contribution in [0.5, 0.6) is 0 Å².